The summed E-state index contributed by atoms with van der Waals surface area (Å²) in [7, 11) is 1.85. The molecular weight excluding hydrogens is 336 g/mol. The third-order valence-corrected chi connectivity index (χ3v) is 3.53. The van der Waals surface area contributed by atoms with Crippen molar-refractivity contribution in [2.45, 2.75) is 13.8 Å². The average Bonchev–Trinajstić information content (AvgIpc) is 2.65. The topological polar surface area (TPSA) is 64.4 Å². The average molecular weight is 351 g/mol. The van der Waals surface area contributed by atoms with Gasteiger partial charge in [0.2, 0.25) is 0 Å². The lowest BCUT2D eigenvalue weighted by atomic mass is 10.2. The summed E-state index contributed by atoms with van der Waals surface area (Å²) in [5, 5.41) is 13.1. The van der Waals surface area contributed by atoms with Crippen molar-refractivity contribution in [1.82, 2.24) is 9.78 Å². The molecule has 0 fully saturated rings. The Morgan fingerprint density at radius 3 is 2.71 bits per heavy atom. The molecule has 0 amide bonds. The van der Waals surface area contributed by atoms with Crippen LogP contribution in [0.2, 0.25) is 0 Å². The van der Waals surface area contributed by atoms with Crippen LogP contribution in [0.5, 0.6) is 11.5 Å². The Bertz CT molecular complexity index is 720. The van der Waals surface area contributed by atoms with Crippen molar-refractivity contribution < 1.29 is 14.6 Å². The number of carbonyl (C=O) groups is 1. The van der Waals surface area contributed by atoms with Gasteiger partial charge >= 0.3 is 5.97 Å². The van der Waals surface area contributed by atoms with Crippen molar-refractivity contribution in [3.05, 3.63) is 45.7 Å². The number of aryl methyl sites for hydroxylation is 2. The van der Waals surface area contributed by atoms with Gasteiger partial charge in [0.05, 0.1) is 5.69 Å². The monoisotopic (exact) mass is 350 g/mol. The van der Waals surface area contributed by atoms with Crippen molar-refractivity contribution >= 4 is 28.0 Å². The van der Waals surface area contributed by atoms with E-state index in [1.807, 2.05) is 27.0 Å². The zero-order valence-corrected chi connectivity index (χ0v) is 13.5. The van der Waals surface area contributed by atoms with Crippen LogP contribution in [0.4, 0.5) is 0 Å². The van der Waals surface area contributed by atoms with Crippen LogP contribution in [0.1, 0.15) is 17.0 Å². The highest BCUT2D eigenvalue weighted by Gasteiger charge is 2.13. The molecule has 1 aromatic heterocycles. The van der Waals surface area contributed by atoms with Gasteiger partial charge in [0.25, 0.3) is 0 Å². The fourth-order valence-electron chi connectivity index (χ4n) is 1.92. The van der Waals surface area contributed by atoms with Gasteiger partial charge in [-0.05, 0) is 38.1 Å². The lowest BCUT2D eigenvalue weighted by molar-refractivity contribution is -0.131. The van der Waals surface area contributed by atoms with Crippen LogP contribution >= 0.6 is 15.9 Å². The highest BCUT2D eigenvalue weighted by molar-refractivity contribution is 9.10. The van der Waals surface area contributed by atoms with E-state index in [0.717, 1.165) is 21.9 Å². The maximum Gasteiger partial charge on any atom is 0.328 e. The van der Waals surface area contributed by atoms with Gasteiger partial charge in [0.15, 0.2) is 5.75 Å². The molecule has 2 rings (SSSR count). The molecule has 0 saturated carbocycles. The summed E-state index contributed by atoms with van der Waals surface area (Å²) in [6, 6.07) is 5.43. The predicted molar refractivity (Wildman–Crippen MR) is 83.6 cm³/mol. The van der Waals surface area contributed by atoms with Crippen molar-refractivity contribution in [3.8, 4) is 11.5 Å². The van der Waals surface area contributed by atoms with Crippen molar-refractivity contribution in [3.63, 3.8) is 0 Å². The third kappa shape index (κ3) is 3.52. The summed E-state index contributed by atoms with van der Waals surface area (Å²) >= 11 is 3.37. The van der Waals surface area contributed by atoms with Gasteiger partial charge in [-0.3, -0.25) is 4.68 Å². The summed E-state index contributed by atoms with van der Waals surface area (Å²) in [6.07, 6.45) is 2.58. The van der Waals surface area contributed by atoms with Crippen LogP contribution in [-0.2, 0) is 11.8 Å². The van der Waals surface area contributed by atoms with Crippen LogP contribution in [0.25, 0.3) is 6.08 Å². The minimum Gasteiger partial charge on any atom is -0.478 e. The van der Waals surface area contributed by atoms with Gasteiger partial charge in [-0.2, -0.15) is 5.10 Å². The fourth-order valence-corrected chi connectivity index (χ4v) is 2.29. The molecule has 0 radical (unpaired) electrons. The maximum atomic E-state index is 10.7. The van der Waals surface area contributed by atoms with Gasteiger partial charge < -0.3 is 9.84 Å². The quantitative estimate of drug-likeness (QED) is 0.854. The van der Waals surface area contributed by atoms with Crippen molar-refractivity contribution in [2.75, 3.05) is 0 Å². The molecule has 6 heteroatoms. The van der Waals surface area contributed by atoms with Gasteiger partial charge in [-0.15, -0.1) is 0 Å². The van der Waals surface area contributed by atoms with E-state index < -0.39 is 5.97 Å². The van der Waals surface area contributed by atoms with Gasteiger partial charge in [-0.1, -0.05) is 15.9 Å². The summed E-state index contributed by atoms with van der Waals surface area (Å²) in [4.78, 5) is 10.7. The second kappa shape index (κ2) is 6.13. The van der Waals surface area contributed by atoms with E-state index in [1.54, 1.807) is 16.8 Å². The molecule has 0 saturated heterocycles. The number of aromatic nitrogens is 2. The van der Waals surface area contributed by atoms with E-state index in [4.69, 9.17) is 9.84 Å². The Hall–Kier alpha value is -2.08. The molecular formula is C15H15BrN2O3. The number of ether oxygens (including phenoxy) is 1. The van der Waals surface area contributed by atoms with Gasteiger partial charge in [-0.25, -0.2) is 4.79 Å². The summed E-state index contributed by atoms with van der Waals surface area (Å²) in [5.74, 6) is 0.259. The minimum atomic E-state index is -1.00. The standard InChI is InChI=1S/C15H15BrN2O3/c1-9-15(10(2)18(3)17-9)21-13-6-5-12(16)8-11(13)4-7-14(19)20/h4-8H,1-3H3,(H,19,20)/b7-4+. The largest absolute Gasteiger partial charge is 0.478 e. The first kappa shape index (κ1) is 15.3. The molecule has 1 aromatic carbocycles. The second-order valence-corrected chi connectivity index (χ2v) is 5.50. The van der Waals surface area contributed by atoms with Crippen LogP contribution in [0.3, 0.4) is 0 Å². The first-order chi connectivity index (χ1) is 9.88. The van der Waals surface area contributed by atoms with Crippen molar-refractivity contribution in [2.24, 2.45) is 7.05 Å². The minimum absolute atomic E-state index is 0.579. The summed E-state index contributed by atoms with van der Waals surface area (Å²) in [6.45, 7) is 3.79. The molecule has 21 heavy (non-hydrogen) atoms. The molecule has 0 spiro atoms. The van der Waals surface area contributed by atoms with E-state index in [2.05, 4.69) is 21.0 Å². The van der Waals surface area contributed by atoms with E-state index in [-0.39, 0.29) is 0 Å². The maximum absolute atomic E-state index is 10.7. The number of halogens is 1. The zero-order chi connectivity index (χ0) is 15.6. The van der Waals surface area contributed by atoms with Crippen LogP contribution in [0.15, 0.2) is 28.7 Å². The van der Waals surface area contributed by atoms with Crippen LogP contribution < -0.4 is 4.74 Å². The van der Waals surface area contributed by atoms with E-state index in [9.17, 15) is 4.79 Å². The first-order valence-electron chi connectivity index (χ1n) is 6.27. The number of hydrogen-bond donors (Lipinski definition) is 1. The second-order valence-electron chi connectivity index (χ2n) is 4.58. The molecule has 2 aromatic rings. The normalized spacial score (nSPS) is 11.0. The number of carboxylic acids is 1. The van der Waals surface area contributed by atoms with E-state index >= 15 is 0 Å². The first-order valence-corrected chi connectivity index (χ1v) is 7.06. The number of hydrogen-bond acceptors (Lipinski definition) is 3. The molecule has 0 bridgehead atoms. The molecule has 0 unspecified atom stereocenters. The Morgan fingerprint density at radius 2 is 2.14 bits per heavy atom. The Labute approximate surface area is 131 Å². The number of nitrogens with zero attached hydrogens (tertiary/aromatic N) is 2. The Kier molecular flexibility index (Phi) is 4.47. The molecule has 1 N–H and O–H groups in total. The van der Waals surface area contributed by atoms with E-state index in [1.165, 1.54) is 6.08 Å². The summed E-state index contributed by atoms with van der Waals surface area (Å²) in [5.41, 5.74) is 2.36. The molecule has 0 atom stereocenters. The summed E-state index contributed by atoms with van der Waals surface area (Å²) < 4.78 is 8.52. The molecule has 110 valence electrons. The number of benzene rings is 1. The smallest absolute Gasteiger partial charge is 0.328 e. The Morgan fingerprint density at radius 1 is 1.43 bits per heavy atom. The number of aliphatic carboxylic acids is 1. The van der Waals surface area contributed by atoms with Crippen LogP contribution in [0, 0.1) is 13.8 Å². The predicted octanol–water partition coefficient (Wildman–Crippen LogP) is 3.69. The number of carboxylic acid groups (broad SMARTS) is 1. The van der Waals surface area contributed by atoms with E-state index in [0.29, 0.717) is 17.1 Å². The molecule has 1 heterocycles. The highest BCUT2D eigenvalue weighted by atomic mass is 79.9. The molecule has 0 aliphatic heterocycles. The SMILES string of the molecule is Cc1nn(C)c(C)c1Oc1ccc(Br)cc1/C=C/C(=O)O. The lowest BCUT2D eigenvalue weighted by Crippen LogP contribution is -1.94. The van der Waals surface area contributed by atoms with Crippen molar-refractivity contribution in [1.29, 1.82) is 0 Å². The molecule has 0 aliphatic rings. The number of rotatable bonds is 4. The third-order valence-electron chi connectivity index (χ3n) is 3.03. The molecule has 0 aliphatic carbocycles. The highest BCUT2D eigenvalue weighted by Crippen LogP contribution is 2.32. The fraction of sp³-hybridized carbons (Fsp3) is 0.200. The van der Waals surface area contributed by atoms with Gasteiger partial charge in [0.1, 0.15) is 11.4 Å². The zero-order valence-electron chi connectivity index (χ0n) is 11.9. The van der Waals surface area contributed by atoms with Crippen LogP contribution in [-0.4, -0.2) is 20.9 Å². The lowest BCUT2D eigenvalue weighted by Gasteiger charge is -2.09. The van der Waals surface area contributed by atoms with Gasteiger partial charge in [0, 0.05) is 23.2 Å². The Balaban J connectivity index is 2.42. The molecule has 5 nitrogen and oxygen atoms in total.